The van der Waals surface area contributed by atoms with E-state index < -0.39 is 0 Å². The maximum Gasteiger partial charge on any atom is 0.238 e. The molecule has 0 saturated carbocycles. The van der Waals surface area contributed by atoms with Crippen LogP contribution in [0.2, 0.25) is 0 Å². The molecule has 0 bridgehead atoms. The average Bonchev–Trinajstić information content (AvgIpc) is 2.44. The third kappa shape index (κ3) is 3.36. The molecule has 2 fully saturated rings. The summed E-state index contributed by atoms with van der Waals surface area (Å²) < 4.78 is 0. The lowest BCUT2D eigenvalue weighted by Crippen LogP contribution is -2.63. The number of nitrogens with one attached hydrogen (secondary N) is 2. The van der Waals surface area contributed by atoms with Crippen LogP contribution >= 0.6 is 0 Å². The van der Waals surface area contributed by atoms with E-state index >= 15 is 0 Å². The van der Waals surface area contributed by atoms with Gasteiger partial charge in [-0.25, -0.2) is 0 Å². The van der Waals surface area contributed by atoms with Crippen LogP contribution in [0.15, 0.2) is 30.3 Å². The molecule has 2 aliphatic rings. The van der Waals surface area contributed by atoms with Gasteiger partial charge in [0, 0.05) is 51.0 Å². The van der Waals surface area contributed by atoms with Crippen LogP contribution in [-0.2, 0) is 4.79 Å². The van der Waals surface area contributed by atoms with E-state index in [2.05, 4.69) is 20.4 Å². The lowest BCUT2D eigenvalue weighted by Gasteiger charge is -2.46. The SMILES string of the molecule is O=C(CN1CC(N2CCNCC2)C1)Nc1ccccc1. The highest BCUT2D eigenvalue weighted by Gasteiger charge is 2.32. The smallest absolute Gasteiger partial charge is 0.238 e. The van der Waals surface area contributed by atoms with Crippen LogP contribution < -0.4 is 10.6 Å². The first kappa shape index (κ1) is 13.5. The van der Waals surface area contributed by atoms with Crippen molar-refractivity contribution in [2.45, 2.75) is 6.04 Å². The van der Waals surface area contributed by atoms with Crippen molar-refractivity contribution in [3.8, 4) is 0 Å². The van der Waals surface area contributed by atoms with Gasteiger partial charge in [0.15, 0.2) is 0 Å². The summed E-state index contributed by atoms with van der Waals surface area (Å²) in [6, 6.07) is 10.3. The third-order valence-corrected chi connectivity index (χ3v) is 4.03. The molecule has 2 saturated heterocycles. The van der Waals surface area contributed by atoms with Gasteiger partial charge < -0.3 is 10.6 Å². The third-order valence-electron chi connectivity index (χ3n) is 4.03. The first-order chi connectivity index (χ1) is 9.81. The summed E-state index contributed by atoms with van der Waals surface area (Å²) in [5, 5.41) is 6.30. The Hall–Kier alpha value is -1.43. The topological polar surface area (TPSA) is 47.6 Å². The Kier molecular flexibility index (Phi) is 4.30. The Balaban J connectivity index is 1.39. The molecule has 1 amide bonds. The number of piperazine rings is 1. The summed E-state index contributed by atoms with van der Waals surface area (Å²) in [7, 11) is 0. The first-order valence-corrected chi connectivity index (χ1v) is 7.33. The van der Waals surface area contributed by atoms with E-state index in [1.807, 2.05) is 30.3 Å². The molecule has 0 aliphatic carbocycles. The Morgan fingerprint density at radius 3 is 2.60 bits per heavy atom. The second kappa shape index (κ2) is 6.35. The number of benzene rings is 1. The fourth-order valence-corrected chi connectivity index (χ4v) is 2.88. The zero-order chi connectivity index (χ0) is 13.8. The van der Waals surface area contributed by atoms with E-state index in [1.165, 1.54) is 0 Å². The van der Waals surface area contributed by atoms with Gasteiger partial charge in [0.05, 0.1) is 6.54 Å². The quantitative estimate of drug-likeness (QED) is 0.824. The molecule has 108 valence electrons. The van der Waals surface area contributed by atoms with Gasteiger partial charge in [0.1, 0.15) is 0 Å². The second-order valence-corrected chi connectivity index (χ2v) is 5.55. The van der Waals surface area contributed by atoms with Crippen molar-refractivity contribution in [1.29, 1.82) is 0 Å². The molecule has 20 heavy (non-hydrogen) atoms. The minimum absolute atomic E-state index is 0.0787. The van der Waals surface area contributed by atoms with E-state index in [4.69, 9.17) is 0 Å². The number of anilines is 1. The Morgan fingerprint density at radius 2 is 1.90 bits per heavy atom. The highest BCUT2D eigenvalue weighted by Crippen LogP contribution is 2.15. The fraction of sp³-hybridized carbons (Fsp3) is 0.533. The number of likely N-dealkylation sites (tertiary alicyclic amines) is 1. The summed E-state index contributed by atoms with van der Waals surface area (Å²) in [5.41, 5.74) is 0.872. The number of amides is 1. The predicted octanol–water partition coefficient (Wildman–Crippen LogP) is 0.215. The molecule has 5 nitrogen and oxygen atoms in total. The van der Waals surface area contributed by atoms with E-state index in [9.17, 15) is 4.79 Å². The molecular weight excluding hydrogens is 252 g/mol. The molecule has 0 atom stereocenters. The maximum absolute atomic E-state index is 11.9. The largest absolute Gasteiger partial charge is 0.325 e. The number of rotatable bonds is 4. The molecule has 1 aromatic rings. The van der Waals surface area contributed by atoms with Crippen LogP contribution in [0.4, 0.5) is 5.69 Å². The lowest BCUT2D eigenvalue weighted by molar-refractivity contribution is -0.119. The first-order valence-electron chi connectivity index (χ1n) is 7.33. The zero-order valence-corrected chi connectivity index (χ0v) is 11.7. The lowest BCUT2D eigenvalue weighted by atomic mass is 10.1. The molecule has 0 aromatic heterocycles. The average molecular weight is 274 g/mol. The van der Waals surface area contributed by atoms with Gasteiger partial charge in [0.2, 0.25) is 5.91 Å². The molecule has 0 unspecified atom stereocenters. The van der Waals surface area contributed by atoms with Crippen LogP contribution in [0.25, 0.3) is 0 Å². The van der Waals surface area contributed by atoms with Crippen LogP contribution in [0, 0.1) is 0 Å². The number of carbonyl (C=O) groups is 1. The van der Waals surface area contributed by atoms with Crippen LogP contribution in [0.3, 0.4) is 0 Å². The van der Waals surface area contributed by atoms with Gasteiger partial charge in [-0.1, -0.05) is 18.2 Å². The van der Waals surface area contributed by atoms with E-state index in [1.54, 1.807) is 0 Å². The Labute approximate surface area is 119 Å². The van der Waals surface area contributed by atoms with Crippen molar-refractivity contribution in [3.63, 3.8) is 0 Å². The maximum atomic E-state index is 11.9. The van der Waals surface area contributed by atoms with E-state index in [0.29, 0.717) is 12.6 Å². The summed E-state index contributed by atoms with van der Waals surface area (Å²) in [6.07, 6.45) is 0. The molecule has 5 heteroatoms. The second-order valence-electron chi connectivity index (χ2n) is 5.55. The summed E-state index contributed by atoms with van der Waals surface area (Å²) >= 11 is 0. The summed E-state index contributed by atoms with van der Waals surface area (Å²) in [4.78, 5) is 16.7. The molecule has 0 spiro atoms. The molecule has 2 N–H and O–H groups in total. The number of nitrogens with zero attached hydrogens (tertiary/aromatic N) is 2. The zero-order valence-electron chi connectivity index (χ0n) is 11.7. The van der Waals surface area contributed by atoms with Crippen molar-refractivity contribution in [2.24, 2.45) is 0 Å². The molecule has 1 aromatic carbocycles. The standard InChI is InChI=1S/C15H22N4O/c20-15(17-13-4-2-1-3-5-13)12-18-10-14(11-18)19-8-6-16-7-9-19/h1-5,14,16H,6-12H2,(H,17,20). The number of hydrogen-bond acceptors (Lipinski definition) is 4. The van der Waals surface area contributed by atoms with Crippen molar-refractivity contribution >= 4 is 11.6 Å². The minimum atomic E-state index is 0.0787. The number of para-hydroxylation sites is 1. The van der Waals surface area contributed by atoms with Gasteiger partial charge in [-0.05, 0) is 12.1 Å². The fourth-order valence-electron chi connectivity index (χ4n) is 2.88. The Morgan fingerprint density at radius 1 is 1.20 bits per heavy atom. The summed E-state index contributed by atoms with van der Waals surface area (Å²) in [6.45, 7) is 6.97. The van der Waals surface area contributed by atoms with Crippen molar-refractivity contribution in [1.82, 2.24) is 15.1 Å². The molecule has 2 aliphatic heterocycles. The van der Waals surface area contributed by atoms with Crippen LogP contribution in [-0.4, -0.2) is 67.6 Å². The molecule has 0 radical (unpaired) electrons. The van der Waals surface area contributed by atoms with Gasteiger partial charge in [-0.2, -0.15) is 0 Å². The monoisotopic (exact) mass is 274 g/mol. The highest BCUT2D eigenvalue weighted by atomic mass is 16.2. The van der Waals surface area contributed by atoms with Gasteiger partial charge >= 0.3 is 0 Å². The van der Waals surface area contributed by atoms with Crippen molar-refractivity contribution in [2.75, 3.05) is 51.1 Å². The normalized spacial score (nSPS) is 21.4. The molecular formula is C15H22N4O. The van der Waals surface area contributed by atoms with E-state index in [0.717, 1.165) is 45.0 Å². The highest BCUT2D eigenvalue weighted by molar-refractivity contribution is 5.92. The number of hydrogen-bond donors (Lipinski definition) is 2. The predicted molar refractivity (Wildman–Crippen MR) is 79.7 cm³/mol. The van der Waals surface area contributed by atoms with Crippen LogP contribution in [0.5, 0.6) is 0 Å². The van der Waals surface area contributed by atoms with Gasteiger partial charge in [-0.3, -0.25) is 14.6 Å². The Bertz CT molecular complexity index is 438. The molecule has 3 rings (SSSR count). The summed E-state index contributed by atoms with van der Waals surface area (Å²) in [5.74, 6) is 0.0787. The van der Waals surface area contributed by atoms with E-state index in [-0.39, 0.29) is 5.91 Å². The van der Waals surface area contributed by atoms with Gasteiger partial charge in [0.25, 0.3) is 0 Å². The molecule has 2 heterocycles. The van der Waals surface area contributed by atoms with Crippen molar-refractivity contribution in [3.05, 3.63) is 30.3 Å². The minimum Gasteiger partial charge on any atom is -0.325 e. The van der Waals surface area contributed by atoms with Gasteiger partial charge in [-0.15, -0.1) is 0 Å². The van der Waals surface area contributed by atoms with Crippen LogP contribution in [0.1, 0.15) is 0 Å². The van der Waals surface area contributed by atoms with Crippen molar-refractivity contribution < 1.29 is 4.79 Å². The number of carbonyl (C=O) groups excluding carboxylic acids is 1.